The number of aliphatic hydroxyl groups is 3. The predicted molar refractivity (Wildman–Crippen MR) is 313 cm³/mol. The SMILES string of the molecule is CCOc1ccc2c(c1)CC(NCCCCO)C(=O)N2c1cccc(CN2C(=O)[C@@]3(O[C@@H](CC(=O)N4Cc5ccccc5C[C@H]4CO)[C@H]([Si](C)(C)O)[C@H]3C)c3cc(N4C(=O)C(NCCCCO)Cc5cc(OCC)ccc54)ccc32)c1. The molecule has 0 aliphatic carbocycles. The van der Waals surface area contributed by atoms with E-state index in [1.54, 1.807) is 19.6 Å². The van der Waals surface area contributed by atoms with Gasteiger partial charge in [-0.05, 0) is 180 Å². The number of anilines is 5. The van der Waals surface area contributed by atoms with Crippen LogP contribution in [0.2, 0.25) is 18.6 Å². The molecular formula is C63H78N6O11Si. The highest BCUT2D eigenvalue weighted by molar-refractivity contribution is 6.71. The average Bonchev–Trinajstić information content (AvgIpc) is 3.97. The summed E-state index contributed by atoms with van der Waals surface area (Å²) < 4.78 is 19.2. The number of fused-ring (bicyclic) bond motifs is 5. The van der Waals surface area contributed by atoms with Gasteiger partial charge in [0, 0.05) is 48.2 Å². The van der Waals surface area contributed by atoms with Crippen LogP contribution in [-0.4, -0.2) is 127 Å². The molecule has 10 rings (SSSR count). The van der Waals surface area contributed by atoms with Crippen LogP contribution in [0.3, 0.4) is 0 Å². The summed E-state index contributed by atoms with van der Waals surface area (Å²) in [4.78, 5) is 79.9. The van der Waals surface area contributed by atoms with Crippen LogP contribution in [-0.2, 0) is 61.9 Å². The first kappa shape index (κ1) is 57.7. The molecule has 0 saturated carbocycles. The number of nitrogens with one attached hydrogen (secondary N) is 2. The molecule has 0 radical (unpaired) electrons. The number of carbonyl (C=O) groups excluding carboxylic acids is 4. The second-order valence-electron chi connectivity index (χ2n) is 22.7. The van der Waals surface area contributed by atoms with Gasteiger partial charge in [0.1, 0.15) is 11.5 Å². The fourth-order valence-corrected chi connectivity index (χ4v) is 15.9. The maximum Gasteiger partial charge on any atom is 0.264 e. The van der Waals surface area contributed by atoms with Crippen molar-refractivity contribution in [3.63, 3.8) is 0 Å². The molecule has 5 aromatic carbocycles. The van der Waals surface area contributed by atoms with Crippen LogP contribution in [0, 0.1) is 5.92 Å². The van der Waals surface area contributed by atoms with Gasteiger partial charge in [0.25, 0.3) is 5.91 Å². The molecule has 0 bridgehead atoms. The zero-order valence-corrected chi connectivity index (χ0v) is 48.2. The molecule has 430 valence electrons. The molecule has 5 aromatic rings. The molecule has 5 aliphatic rings. The van der Waals surface area contributed by atoms with Gasteiger partial charge in [-0.25, -0.2) is 0 Å². The van der Waals surface area contributed by atoms with Crippen molar-refractivity contribution < 1.29 is 53.5 Å². The van der Waals surface area contributed by atoms with Gasteiger partial charge < -0.3 is 54.8 Å². The summed E-state index contributed by atoms with van der Waals surface area (Å²) in [5.41, 5.74) is 5.82. The number of nitrogens with zero attached hydrogens (tertiary/aromatic N) is 4. The van der Waals surface area contributed by atoms with E-state index >= 15 is 4.79 Å². The zero-order valence-electron chi connectivity index (χ0n) is 47.2. The van der Waals surface area contributed by atoms with E-state index in [9.17, 15) is 34.5 Å². The van der Waals surface area contributed by atoms with Crippen LogP contribution in [0.5, 0.6) is 11.5 Å². The molecule has 5 heterocycles. The van der Waals surface area contributed by atoms with Crippen LogP contribution in [0.25, 0.3) is 0 Å². The van der Waals surface area contributed by atoms with Crippen molar-refractivity contribution in [2.75, 3.05) is 60.8 Å². The number of ether oxygens (including phenoxy) is 3. The highest BCUT2D eigenvalue weighted by atomic mass is 28.4. The molecule has 6 N–H and O–H groups in total. The summed E-state index contributed by atoms with van der Waals surface area (Å²) in [6.45, 7) is 11.7. The summed E-state index contributed by atoms with van der Waals surface area (Å²) >= 11 is 0. The van der Waals surface area contributed by atoms with Crippen molar-refractivity contribution in [3.05, 3.63) is 137 Å². The van der Waals surface area contributed by atoms with E-state index in [0.717, 1.165) is 33.5 Å². The zero-order chi connectivity index (χ0) is 57.2. The van der Waals surface area contributed by atoms with E-state index in [1.807, 2.05) is 137 Å². The second kappa shape index (κ2) is 24.5. The van der Waals surface area contributed by atoms with Gasteiger partial charge in [0.05, 0.1) is 74.1 Å². The van der Waals surface area contributed by atoms with Crippen molar-refractivity contribution >= 4 is 60.4 Å². The minimum atomic E-state index is -3.30. The molecule has 7 atom stereocenters. The molecule has 81 heavy (non-hydrogen) atoms. The summed E-state index contributed by atoms with van der Waals surface area (Å²) in [5.74, 6) is -0.251. The number of hydrogen-bond acceptors (Lipinski definition) is 13. The smallest absolute Gasteiger partial charge is 0.264 e. The van der Waals surface area contributed by atoms with Gasteiger partial charge in [0.2, 0.25) is 17.7 Å². The molecule has 0 aromatic heterocycles. The van der Waals surface area contributed by atoms with Crippen molar-refractivity contribution in [3.8, 4) is 11.5 Å². The van der Waals surface area contributed by atoms with Crippen molar-refractivity contribution in [2.24, 2.45) is 5.92 Å². The Hall–Kier alpha value is -6.48. The lowest BCUT2D eigenvalue weighted by Gasteiger charge is -2.37. The van der Waals surface area contributed by atoms with Crippen molar-refractivity contribution in [1.29, 1.82) is 0 Å². The Labute approximate surface area is 475 Å². The van der Waals surface area contributed by atoms with Crippen LogP contribution in [0.4, 0.5) is 28.4 Å². The number of rotatable bonds is 22. The van der Waals surface area contributed by atoms with Crippen molar-refractivity contribution in [2.45, 2.75) is 134 Å². The van der Waals surface area contributed by atoms with E-state index in [1.165, 1.54) is 0 Å². The van der Waals surface area contributed by atoms with Gasteiger partial charge in [-0.15, -0.1) is 0 Å². The lowest BCUT2D eigenvalue weighted by Crippen LogP contribution is -2.49. The molecule has 2 unspecified atom stereocenters. The normalized spacial score (nSPS) is 23.2. The Morgan fingerprint density at radius 2 is 1.27 bits per heavy atom. The molecule has 18 heteroatoms. The summed E-state index contributed by atoms with van der Waals surface area (Å²) in [5, 5.41) is 36.6. The van der Waals surface area contributed by atoms with Crippen LogP contribution in [0.1, 0.15) is 86.3 Å². The third-order valence-corrected chi connectivity index (χ3v) is 19.5. The molecule has 5 aliphatic heterocycles. The molecule has 4 amide bonds. The minimum absolute atomic E-state index is 0.0431. The third-order valence-electron chi connectivity index (χ3n) is 17.0. The lowest BCUT2D eigenvalue weighted by atomic mass is 9.82. The Morgan fingerprint density at radius 3 is 1.84 bits per heavy atom. The topological polar surface area (TPSA) is 214 Å². The molecular weight excluding hydrogens is 1040 g/mol. The second-order valence-corrected chi connectivity index (χ2v) is 26.7. The number of amides is 4. The summed E-state index contributed by atoms with van der Waals surface area (Å²) in [6, 6.07) is 30.9. The first-order valence-electron chi connectivity index (χ1n) is 28.9. The number of hydrogen-bond donors (Lipinski definition) is 6. The van der Waals surface area contributed by atoms with Crippen molar-refractivity contribution in [1.82, 2.24) is 15.5 Å². The quantitative estimate of drug-likeness (QED) is 0.0303. The number of benzene rings is 5. The average molecular weight is 1120 g/mol. The van der Waals surface area contributed by atoms with Gasteiger partial charge in [-0.1, -0.05) is 43.3 Å². The predicted octanol–water partition coefficient (Wildman–Crippen LogP) is 7.07. The minimum Gasteiger partial charge on any atom is -0.494 e. The monoisotopic (exact) mass is 1120 g/mol. The lowest BCUT2D eigenvalue weighted by molar-refractivity contribution is -0.151. The van der Waals surface area contributed by atoms with Gasteiger partial charge >= 0.3 is 0 Å². The third kappa shape index (κ3) is 11.3. The first-order chi connectivity index (χ1) is 39.1. The van der Waals surface area contributed by atoms with Gasteiger partial charge in [-0.3, -0.25) is 29.0 Å². The van der Waals surface area contributed by atoms with E-state index in [2.05, 4.69) is 10.6 Å². The van der Waals surface area contributed by atoms with Crippen LogP contribution in [0.15, 0.2) is 103 Å². The molecule has 1 fully saturated rings. The van der Waals surface area contributed by atoms with Crippen LogP contribution < -0.4 is 34.8 Å². The van der Waals surface area contributed by atoms with Gasteiger partial charge in [-0.2, -0.15) is 0 Å². The fraction of sp³-hybridized carbons (Fsp3) is 0.460. The Morgan fingerprint density at radius 1 is 0.691 bits per heavy atom. The number of unbranched alkanes of at least 4 members (excludes halogenated alkanes) is 2. The van der Waals surface area contributed by atoms with Gasteiger partial charge in [0.15, 0.2) is 13.9 Å². The summed E-state index contributed by atoms with van der Waals surface area (Å²) in [7, 11) is -3.30. The number of carbonyl (C=O) groups is 4. The Kier molecular flexibility index (Phi) is 17.5. The van der Waals surface area contributed by atoms with Crippen LogP contribution >= 0.6 is 0 Å². The van der Waals surface area contributed by atoms with E-state index in [0.29, 0.717) is 118 Å². The maximum atomic E-state index is 16.2. The maximum absolute atomic E-state index is 16.2. The number of aliphatic hydroxyl groups excluding tert-OH is 3. The highest BCUT2D eigenvalue weighted by Crippen LogP contribution is 2.61. The standard InChI is InChI=1S/C63H78N6O11Si/c1-6-78-49-20-23-54-44(31-49)33-52(64-25-10-12-27-70)60(74)68(54)46-18-14-15-41(29-46)37-67-56-22-19-47(69-55-24-21-50(79-7-2)32-45(55)34-53(61(69)75)65-26-11-13-28-71)35-51(56)63(62(67)76)40(3)59(81(4,5)77)57(80-63)36-58(73)66-38-43-17-9-8-16-42(43)30-48(66)39-72/h8-9,14-24,29,31-32,35,40,48,52-53,57,59,64-65,70-72,77H,6-7,10-13,25-28,30,33-34,36-39H2,1-5H3/t40-,48+,52?,53?,57+,59-,63+/m1/s1. The molecule has 17 nitrogen and oxygen atoms in total. The fourth-order valence-electron chi connectivity index (χ4n) is 13.3. The Balaban J connectivity index is 1.06. The highest BCUT2D eigenvalue weighted by Gasteiger charge is 2.67. The van der Waals surface area contributed by atoms with E-state index in [4.69, 9.17) is 14.2 Å². The molecule has 1 saturated heterocycles. The Bertz CT molecular complexity index is 3130. The van der Waals surface area contributed by atoms with E-state index < -0.39 is 49.6 Å². The first-order valence-corrected chi connectivity index (χ1v) is 32.0. The molecule has 1 spiro atoms. The summed E-state index contributed by atoms with van der Waals surface area (Å²) in [6.07, 6.45) is 2.86. The largest absolute Gasteiger partial charge is 0.494 e. The van der Waals surface area contributed by atoms with E-state index in [-0.39, 0.29) is 56.4 Å².